The van der Waals surface area contributed by atoms with Crippen LogP contribution < -0.4 is 23.7 Å². The molecule has 2 amide bonds. The number of aliphatic hydroxyl groups excluding tert-OH is 1. The van der Waals surface area contributed by atoms with Gasteiger partial charge in [-0.1, -0.05) is 71.2 Å². The fourth-order valence-corrected chi connectivity index (χ4v) is 7.60. The molecule has 0 aromatic heterocycles. The largest absolute Gasteiger partial charge is 0.493 e. The topological polar surface area (TPSA) is 160 Å². The van der Waals surface area contributed by atoms with Gasteiger partial charge in [-0.05, 0) is 36.6 Å². The number of rotatable bonds is 11. The summed E-state index contributed by atoms with van der Waals surface area (Å²) in [5, 5.41) is 11.4. The Bertz CT molecular complexity index is 1990. The Morgan fingerprint density at radius 1 is 1.00 bits per heavy atom. The maximum atomic E-state index is 15.1. The number of hydrogen-bond donors (Lipinski definition) is 1. The molecule has 3 aromatic rings. The predicted molar refractivity (Wildman–Crippen MR) is 198 cm³/mol. The number of piperazine rings is 1. The van der Waals surface area contributed by atoms with Crippen molar-refractivity contribution in [3.63, 3.8) is 0 Å². The number of carbonyl (C=O) groups is 4. The molecule has 4 atom stereocenters. The lowest BCUT2D eigenvalue weighted by atomic mass is 9.78. The molecule has 6 rings (SSSR count). The molecule has 1 saturated heterocycles. The van der Waals surface area contributed by atoms with Gasteiger partial charge in [-0.15, -0.1) is 0 Å². The van der Waals surface area contributed by atoms with Crippen LogP contribution in [0.25, 0.3) is 0 Å². The highest BCUT2D eigenvalue weighted by Gasteiger charge is 2.57. The molecular weight excluding hydrogens is 783 g/mol. The maximum absolute atomic E-state index is 15.1. The van der Waals surface area contributed by atoms with Crippen LogP contribution in [0.1, 0.15) is 59.3 Å². The van der Waals surface area contributed by atoms with Gasteiger partial charge in [0.25, 0.3) is 0 Å². The minimum Gasteiger partial charge on any atom is -0.493 e. The van der Waals surface area contributed by atoms with Crippen molar-refractivity contribution in [2.75, 3.05) is 33.7 Å². The van der Waals surface area contributed by atoms with E-state index in [9.17, 15) is 19.5 Å². The number of methoxy groups -OCH3 is 1. The zero-order valence-corrected chi connectivity index (χ0v) is 32.8. The minimum atomic E-state index is -1.97. The Morgan fingerprint density at radius 2 is 1.71 bits per heavy atom. The van der Waals surface area contributed by atoms with Crippen molar-refractivity contribution in [2.24, 2.45) is 0 Å². The molecule has 3 heterocycles. The molecular formula is C38H39Cl3N2O12. The average Bonchev–Trinajstić information content (AvgIpc) is 3.63. The van der Waals surface area contributed by atoms with E-state index in [1.54, 1.807) is 6.92 Å². The van der Waals surface area contributed by atoms with Gasteiger partial charge in [0.1, 0.15) is 31.6 Å². The third-order valence-electron chi connectivity index (χ3n) is 9.60. The molecule has 3 aliphatic rings. The highest BCUT2D eigenvalue weighted by atomic mass is 35.6. The molecule has 0 radical (unpaired) electrons. The zero-order valence-electron chi connectivity index (χ0n) is 30.6. The molecule has 2 bridgehead atoms. The number of benzene rings is 3. The molecule has 3 aromatic carbocycles. The first kappa shape index (κ1) is 40.0. The summed E-state index contributed by atoms with van der Waals surface area (Å²) < 4.78 is 38.7. The normalized spacial score (nSPS) is 19.0. The summed E-state index contributed by atoms with van der Waals surface area (Å²) in [7, 11) is 1.48. The van der Waals surface area contributed by atoms with Crippen molar-refractivity contribution in [3.05, 3.63) is 75.8 Å². The first-order chi connectivity index (χ1) is 26.1. The number of aliphatic hydroxyl groups is 1. The van der Waals surface area contributed by atoms with E-state index in [2.05, 4.69) is 0 Å². The summed E-state index contributed by atoms with van der Waals surface area (Å²) in [6, 6.07) is 7.91. The van der Waals surface area contributed by atoms with Gasteiger partial charge < -0.3 is 43.2 Å². The van der Waals surface area contributed by atoms with Crippen molar-refractivity contribution in [1.29, 1.82) is 0 Å². The maximum Gasteiger partial charge on any atom is 0.411 e. The molecule has 0 saturated carbocycles. The molecule has 17 heteroatoms. The van der Waals surface area contributed by atoms with Crippen LogP contribution in [0.2, 0.25) is 0 Å². The molecule has 294 valence electrons. The number of aryl methyl sites for hydroxylation is 1. The Kier molecular flexibility index (Phi) is 11.8. The van der Waals surface area contributed by atoms with Crippen LogP contribution in [-0.4, -0.2) is 88.4 Å². The number of amides is 2. The molecule has 0 spiro atoms. The zero-order chi connectivity index (χ0) is 39.8. The highest BCUT2D eigenvalue weighted by molar-refractivity contribution is 6.67. The van der Waals surface area contributed by atoms with E-state index in [4.69, 9.17) is 68.0 Å². The van der Waals surface area contributed by atoms with E-state index in [-0.39, 0.29) is 48.4 Å². The van der Waals surface area contributed by atoms with Gasteiger partial charge in [0.15, 0.2) is 23.0 Å². The average molecular weight is 822 g/mol. The summed E-state index contributed by atoms with van der Waals surface area (Å²) in [5.74, 6) is -0.675. The Hall–Kier alpha value is -4.63. The van der Waals surface area contributed by atoms with Crippen molar-refractivity contribution in [1.82, 2.24) is 9.80 Å². The van der Waals surface area contributed by atoms with Crippen LogP contribution in [0.5, 0.6) is 28.7 Å². The SMILES string of the molecule is COc1c(C)cc2c(c1OCc1ccccc1)[C@H]1[C@H](CO)N([C@@H](COC(C)=O)c3cc(OC(C)=O)c(C)c4c3OCO4)C(=O)[C@@H](C2)N1C(=O)OCC(Cl)(Cl)Cl. The van der Waals surface area contributed by atoms with Gasteiger partial charge in [0, 0.05) is 37.0 Å². The smallest absolute Gasteiger partial charge is 0.411 e. The Labute approximate surface area is 331 Å². The first-order valence-electron chi connectivity index (χ1n) is 17.2. The van der Waals surface area contributed by atoms with E-state index < -0.39 is 71.7 Å². The standard InChI is InChI=1S/C38H39Cl3N2O12/c1-19-11-24-12-26-36(47)42(28(16-50-21(3)45)25-13-29(55-22(4)46)20(2)33-34(25)54-18-53-33)27(14-44)31(43(26)37(48)52-17-38(39,40)41)30(24)35(32(19)49-5)51-15-23-9-7-6-8-10-23/h6-11,13,26-28,31,44H,12,14-18H2,1-5H3/t26-,27+,28+,31-/m1/s1. The Morgan fingerprint density at radius 3 is 2.35 bits per heavy atom. The number of alkyl halides is 3. The second kappa shape index (κ2) is 16.2. The molecule has 1 fully saturated rings. The van der Waals surface area contributed by atoms with Gasteiger partial charge >= 0.3 is 18.0 Å². The van der Waals surface area contributed by atoms with Crippen molar-refractivity contribution in [3.8, 4) is 28.7 Å². The number of ether oxygens (including phenoxy) is 7. The molecule has 0 aliphatic carbocycles. The highest BCUT2D eigenvalue weighted by Crippen LogP contribution is 2.54. The van der Waals surface area contributed by atoms with Crippen LogP contribution in [0, 0.1) is 13.8 Å². The third kappa shape index (κ3) is 8.04. The predicted octanol–water partition coefficient (Wildman–Crippen LogP) is 5.83. The number of halogens is 3. The second-order valence-corrected chi connectivity index (χ2v) is 15.7. The lowest BCUT2D eigenvalue weighted by Crippen LogP contribution is -2.68. The number of hydrogen-bond acceptors (Lipinski definition) is 12. The van der Waals surface area contributed by atoms with E-state index >= 15 is 4.79 Å². The fourth-order valence-electron chi connectivity index (χ4n) is 7.44. The fraction of sp³-hybridized carbons (Fsp3) is 0.421. The van der Waals surface area contributed by atoms with E-state index in [1.165, 1.54) is 36.8 Å². The molecule has 55 heavy (non-hydrogen) atoms. The van der Waals surface area contributed by atoms with Crippen molar-refractivity contribution in [2.45, 2.75) is 68.7 Å². The molecule has 3 aliphatic heterocycles. The second-order valence-electron chi connectivity index (χ2n) is 13.2. The number of nitrogens with zero attached hydrogens (tertiary/aromatic N) is 2. The van der Waals surface area contributed by atoms with E-state index in [0.717, 1.165) is 5.56 Å². The third-order valence-corrected chi connectivity index (χ3v) is 9.93. The van der Waals surface area contributed by atoms with E-state index in [1.807, 2.05) is 43.3 Å². The van der Waals surface area contributed by atoms with Crippen LogP contribution in [0.3, 0.4) is 0 Å². The quantitative estimate of drug-likeness (QED) is 0.140. The molecule has 1 N–H and O–H groups in total. The van der Waals surface area contributed by atoms with Gasteiger partial charge in [0.2, 0.25) is 16.5 Å². The number of fused-ring (bicyclic) bond motifs is 5. The number of carbonyl (C=O) groups excluding carboxylic acids is 4. The van der Waals surface area contributed by atoms with Crippen LogP contribution in [0.4, 0.5) is 4.79 Å². The summed E-state index contributed by atoms with van der Waals surface area (Å²) >= 11 is 17.9. The lowest BCUT2D eigenvalue weighted by molar-refractivity contribution is -0.163. The van der Waals surface area contributed by atoms with Gasteiger partial charge in [-0.2, -0.15) is 0 Å². The van der Waals surface area contributed by atoms with Gasteiger partial charge in [-0.3, -0.25) is 19.3 Å². The van der Waals surface area contributed by atoms with Gasteiger partial charge in [-0.25, -0.2) is 4.79 Å². The minimum absolute atomic E-state index is 0.0285. The van der Waals surface area contributed by atoms with Crippen molar-refractivity contribution < 1.29 is 57.4 Å². The monoisotopic (exact) mass is 820 g/mol. The summed E-state index contributed by atoms with van der Waals surface area (Å²) in [6.07, 6.45) is -1.02. The van der Waals surface area contributed by atoms with Gasteiger partial charge in [0.05, 0.1) is 31.8 Å². The molecule has 0 unspecified atom stereocenters. The summed E-state index contributed by atoms with van der Waals surface area (Å²) in [6.45, 7) is 4.09. The Balaban J connectivity index is 1.57. The van der Waals surface area contributed by atoms with Crippen LogP contribution in [-0.2, 0) is 36.9 Å². The first-order valence-corrected chi connectivity index (χ1v) is 18.3. The van der Waals surface area contributed by atoms with E-state index in [0.29, 0.717) is 28.0 Å². The summed E-state index contributed by atoms with van der Waals surface area (Å²) in [5.41, 5.74) is 3.37. The lowest BCUT2D eigenvalue weighted by Gasteiger charge is -2.55. The summed E-state index contributed by atoms with van der Waals surface area (Å²) in [4.78, 5) is 56.3. The number of esters is 2. The van der Waals surface area contributed by atoms with Crippen LogP contribution >= 0.6 is 34.8 Å². The molecule has 14 nitrogen and oxygen atoms in total. The van der Waals surface area contributed by atoms with Crippen LogP contribution in [0.15, 0.2) is 42.5 Å². The van der Waals surface area contributed by atoms with Crippen molar-refractivity contribution >= 4 is 58.7 Å².